The van der Waals surface area contributed by atoms with Gasteiger partial charge in [0, 0.05) is 18.2 Å². The van der Waals surface area contributed by atoms with E-state index in [1.54, 1.807) is 4.90 Å². The minimum Gasteiger partial charge on any atom is -0.335 e. The lowest BCUT2D eigenvalue weighted by Crippen LogP contribution is -2.33. The van der Waals surface area contributed by atoms with Crippen molar-refractivity contribution in [3.05, 3.63) is 34.6 Å². The van der Waals surface area contributed by atoms with Gasteiger partial charge in [-0.2, -0.15) is 5.26 Å². The van der Waals surface area contributed by atoms with Crippen LogP contribution in [-0.2, 0) is 0 Å². The summed E-state index contributed by atoms with van der Waals surface area (Å²) in [4.78, 5) is 13.8. The fraction of sp³-hybridized carbons (Fsp3) is 0.385. The van der Waals surface area contributed by atoms with Gasteiger partial charge in [0.15, 0.2) is 0 Å². The van der Waals surface area contributed by atoms with Gasteiger partial charge in [0.25, 0.3) is 5.91 Å². The molecule has 94 valence electrons. The molecule has 1 aromatic rings. The zero-order chi connectivity index (χ0) is 13.1. The van der Waals surface area contributed by atoms with Gasteiger partial charge in [-0.15, -0.1) is 0 Å². The van der Waals surface area contributed by atoms with Crippen molar-refractivity contribution in [1.82, 2.24) is 4.90 Å². The molecule has 0 saturated heterocycles. The van der Waals surface area contributed by atoms with E-state index in [2.05, 4.69) is 0 Å². The number of halogens is 2. The van der Waals surface area contributed by atoms with E-state index in [4.69, 9.17) is 16.9 Å². The highest BCUT2D eigenvalue weighted by molar-refractivity contribution is 6.30. The fourth-order valence-electron chi connectivity index (χ4n) is 1.80. The highest BCUT2D eigenvalue weighted by Crippen LogP contribution is 2.29. The van der Waals surface area contributed by atoms with E-state index in [0.29, 0.717) is 6.54 Å². The lowest BCUT2D eigenvalue weighted by Gasteiger charge is -2.21. The second kappa shape index (κ2) is 5.36. The van der Waals surface area contributed by atoms with E-state index < -0.39 is 5.82 Å². The molecule has 0 atom stereocenters. The molecule has 0 unspecified atom stereocenters. The van der Waals surface area contributed by atoms with Crippen LogP contribution in [0.2, 0.25) is 5.02 Å². The number of rotatable bonds is 4. The van der Waals surface area contributed by atoms with Crippen LogP contribution in [0, 0.1) is 17.1 Å². The molecule has 1 amide bonds. The van der Waals surface area contributed by atoms with Crippen molar-refractivity contribution < 1.29 is 9.18 Å². The molecule has 1 aliphatic rings. The molecule has 0 bridgehead atoms. The summed E-state index contributed by atoms with van der Waals surface area (Å²) in [5.74, 6) is -0.832. The predicted octanol–water partition coefficient (Wildman–Crippen LogP) is 3.00. The molecule has 0 spiro atoms. The lowest BCUT2D eigenvalue weighted by atomic mass is 10.2. The van der Waals surface area contributed by atoms with Gasteiger partial charge in [-0.3, -0.25) is 4.79 Å². The Labute approximate surface area is 110 Å². The zero-order valence-corrected chi connectivity index (χ0v) is 10.5. The topological polar surface area (TPSA) is 44.1 Å². The second-order valence-corrected chi connectivity index (χ2v) is 4.67. The Hall–Kier alpha value is -1.60. The average Bonchev–Trinajstić information content (AvgIpc) is 3.17. The van der Waals surface area contributed by atoms with E-state index in [1.807, 2.05) is 6.07 Å². The number of nitrogens with zero attached hydrogens (tertiary/aromatic N) is 2. The normalized spacial score (nSPS) is 14.1. The Morgan fingerprint density at radius 3 is 2.83 bits per heavy atom. The number of nitriles is 1. The predicted molar refractivity (Wildman–Crippen MR) is 65.7 cm³/mol. The highest BCUT2D eigenvalue weighted by Gasteiger charge is 2.32. The van der Waals surface area contributed by atoms with Crippen LogP contribution in [-0.4, -0.2) is 23.4 Å². The summed E-state index contributed by atoms with van der Waals surface area (Å²) in [5.41, 5.74) is 0.279. The molecule has 1 aromatic carbocycles. The van der Waals surface area contributed by atoms with E-state index in [1.165, 1.54) is 12.1 Å². The third-order valence-corrected chi connectivity index (χ3v) is 3.19. The maximum absolute atomic E-state index is 13.3. The monoisotopic (exact) mass is 266 g/mol. The molecule has 3 nitrogen and oxygen atoms in total. The molecule has 1 saturated carbocycles. The maximum Gasteiger partial charge on any atom is 0.254 e. The molecule has 1 aliphatic carbocycles. The van der Waals surface area contributed by atoms with Gasteiger partial charge in [-0.25, -0.2) is 4.39 Å². The van der Waals surface area contributed by atoms with E-state index in [9.17, 15) is 9.18 Å². The highest BCUT2D eigenvalue weighted by atomic mass is 35.5. The van der Waals surface area contributed by atoms with Gasteiger partial charge in [-0.1, -0.05) is 11.6 Å². The summed E-state index contributed by atoms with van der Waals surface area (Å²) in [7, 11) is 0. The van der Waals surface area contributed by atoms with Crippen LogP contribution in [0.5, 0.6) is 0 Å². The molecule has 0 heterocycles. The minimum absolute atomic E-state index is 0.00143. The Kier molecular flexibility index (Phi) is 3.83. The molecule has 0 radical (unpaired) electrons. The molecular formula is C13H12ClFN2O. The summed E-state index contributed by atoms with van der Waals surface area (Å²) in [6, 6.07) is 6.25. The zero-order valence-electron chi connectivity index (χ0n) is 9.70. The smallest absolute Gasteiger partial charge is 0.254 e. The van der Waals surface area contributed by atoms with Gasteiger partial charge in [0.1, 0.15) is 5.82 Å². The first kappa shape index (κ1) is 12.8. The molecule has 2 rings (SSSR count). The summed E-state index contributed by atoms with van der Waals surface area (Å²) in [6.45, 7) is 0.393. The number of carbonyl (C=O) groups is 1. The van der Waals surface area contributed by atoms with Crippen LogP contribution < -0.4 is 0 Å². The number of hydrogen-bond acceptors (Lipinski definition) is 2. The van der Waals surface area contributed by atoms with Crippen LogP contribution in [0.25, 0.3) is 0 Å². The van der Waals surface area contributed by atoms with Crippen molar-refractivity contribution in [2.24, 2.45) is 0 Å². The summed E-state index contributed by atoms with van der Waals surface area (Å²) in [6.07, 6.45) is 2.19. The number of hydrogen-bond donors (Lipinski definition) is 0. The Bertz CT molecular complexity index is 508. The molecular weight excluding hydrogens is 255 g/mol. The Morgan fingerprint density at radius 2 is 2.28 bits per heavy atom. The molecule has 5 heteroatoms. The molecule has 0 aliphatic heterocycles. The first-order valence-corrected chi connectivity index (χ1v) is 6.14. The van der Waals surface area contributed by atoms with Crippen LogP contribution in [0.15, 0.2) is 18.2 Å². The maximum atomic E-state index is 13.3. The first-order valence-electron chi connectivity index (χ1n) is 5.76. The Morgan fingerprint density at radius 1 is 1.56 bits per heavy atom. The fourth-order valence-corrected chi connectivity index (χ4v) is 1.92. The van der Waals surface area contributed by atoms with Crippen LogP contribution >= 0.6 is 11.6 Å². The second-order valence-electron chi connectivity index (χ2n) is 4.27. The van der Waals surface area contributed by atoms with Crippen LogP contribution in [0.3, 0.4) is 0 Å². The van der Waals surface area contributed by atoms with Gasteiger partial charge >= 0.3 is 0 Å². The van der Waals surface area contributed by atoms with Gasteiger partial charge < -0.3 is 4.90 Å². The van der Waals surface area contributed by atoms with E-state index >= 15 is 0 Å². The van der Waals surface area contributed by atoms with Gasteiger partial charge in [0.2, 0.25) is 0 Å². The first-order chi connectivity index (χ1) is 8.63. The van der Waals surface area contributed by atoms with Crippen LogP contribution in [0.4, 0.5) is 4.39 Å². The number of carbonyl (C=O) groups excluding carboxylic acids is 1. The van der Waals surface area contributed by atoms with Crippen molar-refractivity contribution in [1.29, 1.82) is 5.26 Å². The van der Waals surface area contributed by atoms with Crippen molar-refractivity contribution in [3.63, 3.8) is 0 Å². The standard InChI is InChI=1S/C13H12ClFN2O/c14-11-5-2-9(8-12(11)15)13(18)17(7-1-6-16)10-3-4-10/h2,5,8,10H,1,3-4,7H2. The van der Waals surface area contributed by atoms with Crippen molar-refractivity contribution in [2.45, 2.75) is 25.3 Å². The molecule has 18 heavy (non-hydrogen) atoms. The third-order valence-electron chi connectivity index (χ3n) is 2.88. The number of benzene rings is 1. The van der Waals surface area contributed by atoms with Crippen molar-refractivity contribution in [3.8, 4) is 6.07 Å². The van der Waals surface area contributed by atoms with Crippen molar-refractivity contribution in [2.75, 3.05) is 6.54 Å². The Balaban J connectivity index is 2.17. The summed E-state index contributed by atoms with van der Waals surface area (Å²) < 4.78 is 13.3. The SMILES string of the molecule is N#CCCN(C(=O)c1ccc(Cl)c(F)c1)C1CC1. The lowest BCUT2D eigenvalue weighted by molar-refractivity contribution is 0.0746. The average molecular weight is 267 g/mol. The molecule has 0 N–H and O–H groups in total. The summed E-state index contributed by atoms with van der Waals surface area (Å²) >= 11 is 5.58. The minimum atomic E-state index is -0.599. The third kappa shape index (κ3) is 2.80. The van der Waals surface area contributed by atoms with Crippen LogP contribution in [0.1, 0.15) is 29.6 Å². The largest absolute Gasteiger partial charge is 0.335 e. The summed E-state index contributed by atoms with van der Waals surface area (Å²) in [5, 5.41) is 8.59. The van der Waals surface area contributed by atoms with Gasteiger partial charge in [0.05, 0.1) is 17.5 Å². The quantitative estimate of drug-likeness (QED) is 0.841. The van der Waals surface area contributed by atoms with Crippen molar-refractivity contribution >= 4 is 17.5 Å². The molecule has 0 aromatic heterocycles. The van der Waals surface area contributed by atoms with E-state index in [0.717, 1.165) is 18.9 Å². The van der Waals surface area contributed by atoms with Gasteiger partial charge in [-0.05, 0) is 31.0 Å². The van der Waals surface area contributed by atoms with E-state index in [-0.39, 0.29) is 29.0 Å². The number of amides is 1. The molecule has 1 fully saturated rings.